The first-order valence-electron chi connectivity index (χ1n) is 11.4. The maximum Gasteiger partial charge on any atom is 0.244 e. The third-order valence-corrected chi connectivity index (χ3v) is 6.77. The molecule has 1 atom stereocenters. The molecule has 4 rings (SSSR count). The van der Waals surface area contributed by atoms with Crippen molar-refractivity contribution < 1.29 is 9.59 Å². The summed E-state index contributed by atoms with van der Waals surface area (Å²) in [7, 11) is 1.84. The first-order valence-corrected chi connectivity index (χ1v) is 12.3. The summed E-state index contributed by atoms with van der Waals surface area (Å²) in [6.45, 7) is 6.64. The van der Waals surface area contributed by atoms with Crippen LogP contribution in [0.2, 0.25) is 0 Å². The van der Waals surface area contributed by atoms with Gasteiger partial charge in [-0.2, -0.15) is 0 Å². The third kappa shape index (κ3) is 8.31. The number of pyridine rings is 1. The topological polar surface area (TPSA) is 86.4 Å². The van der Waals surface area contributed by atoms with Crippen LogP contribution in [0.3, 0.4) is 0 Å². The van der Waals surface area contributed by atoms with E-state index in [1.165, 1.54) is 12.8 Å². The molecule has 2 aliphatic carbocycles. The number of aromatic nitrogens is 1. The molecule has 2 fully saturated rings. The second-order valence-electron chi connectivity index (χ2n) is 8.59. The van der Waals surface area contributed by atoms with E-state index in [0.717, 1.165) is 60.0 Å². The van der Waals surface area contributed by atoms with Crippen molar-refractivity contribution in [2.75, 3.05) is 32.0 Å². The van der Waals surface area contributed by atoms with Gasteiger partial charge in [-0.3, -0.25) is 4.79 Å². The van der Waals surface area contributed by atoms with Crippen molar-refractivity contribution >= 4 is 35.5 Å². The fourth-order valence-electron chi connectivity index (χ4n) is 3.15. The summed E-state index contributed by atoms with van der Waals surface area (Å²) < 4.78 is 2.38. The molecule has 3 N–H and O–H groups in total. The lowest BCUT2D eigenvalue weighted by atomic mass is 10.0. The van der Waals surface area contributed by atoms with E-state index < -0.39 is 0 Å². The molecule has 174 valence electrons. The Bertz CT molecular complexity index is 849. The molecule has 1 unspecified atom stereocenters. The number of aldehydes is 1. The Hall–Kier alpha value is -2.32. The molecule has 0 aromatic carbocycles. The summed E-state index contributed by atoms with van der Waals surface area (Å²) in [6.07, 6.45) is 13.3. The molecular formula is C24H35N5O2S. The fourth-order valence-corrected chi connectivity index (χ4v) is 4.42. The van der Waals surface area contributed by atoms with Crippen molar-refractivity contribution in [1.82, 2.24) is 19.9 Å². The summed E-state index contributed by atoms with van der Waals surface area (Å²) in [5.74, 6) is 1.17. The molecule has 0 spiro atoms. The summed E-state index contributed by atoms with van der Waals surface area (Å²) in [5.41, 5.74) is 2.90. The van der Waals surface area contributed by atoms with Crippen LogP contribution < -0.4 is 16.0 Å². The van der Waals surface area contributed by atoms with E-state index >= 15 is 0 Å². The van der Waals surface area contributed by atoms with Crippen molar-refractivity contribution in [2.24, 2.45) is 5.92 Å². The number of carbonyl (C=O) groups is 2. The van der Waals surface area contributed by atoms with Crippen LogP contribution in [0, 0.1) is 12.8 Å². The summed E-state index contributed by atoms with van der Waals surface area (Å²) in [4.78, 5) is 26.4. The van der Waals surface area contributed by atoms with Gasteiger partial charge in [0.15, 0.2) is 0 Å². The van der Waals surface area contributed by atoms with E-state index in [1.807, 2.05) is 50.5 Å². The molecule has 1 aliphatic heterocycles. The van der Waals surface area contributed by atoms with Crippen LogP contribution >= 0.6 is 11.9 Å². The van der Waals surface area contributed by atoms with Gasteiger partial charge >= 0.3 is 0 Å². The van der Waals surface area contributed by atoms with Crippen molar-refractivity contribution in [3.8, 4) is 0 Å². The Morgan fingerprint density at radius 2 is 2.06 bits per heavy atom. The minimum atomic E-state index is -0.0677. The summed E-state index contributed by atoms with van der Waals surface area (Å²) in [6, 6.07) is 2.30. The highest BCUT2D eigenvalue weighted by molar-refractivity contribution is 7.97. The quantitative estimate of drug-likeness (QED) is 0.463. The largest absolute Gasteiger partial charge is 0.387 e. The Kier molecular flexibility index (Phi) is 9.17. The zero-order valence-corrected chi connectivity index (χ0v) is 20.1. The minimum absolute atomic E-state index is 0.0677. The van der Waals surface area contributed by atoms with E-state index in [1.54, 1.807) is 6.08 Å². The van der Waals surface area contributed by atoms with Crippen molar-refractivity contribution in [3.63, 3.8) is 0 Å². The average molecular weight is 458 g/mol. The molecule has 32 heavy (non-hydrogen) atoms. The molecule has 2 saturated carbocycles. The number of hydrogen-bond acceptors (Lipinski definition) is 7. The van der Waals surface area contributed by atoms with Crippen LogP contribution in [-0.2, 0) is 9.59 Å². The van der Waals surface area contributed by atoms with E-state index in [2.05, 4.69) is 32.2 Å². The monoisotopic (exact) mass is 457 g/mol. The maximum atomic E-state index is 12.5. The second kappa shape index (κ2) is 12.1. The van der Waals surface area contributed by atoms with Gasteiger partial charge in [0.1, 0.15) is 12.1 Å². The number of nitrogens with zero attached hydrogens (tertiary/aromatic N) is 2. The normalized spacial score (nSPS) is 24.8. The SMILES string of the molecule is CNc1cc(C2=C/C(=O)NCCN(SC3CC3)CC(C)N\C=C\2)c(C)cn1.O=CC1CC1. The van der Waals surface area contributed by atoms with E-state index in [-0.39, 0.29) is 5.91 Å². The molecule has 0 radical (unpaired) electrons. The molecule has 2 heterocycles. The van der Waals surface area contributed by atoms with E-state index in [0.29, 0.717) is 18.5 Å². The highest BCUT2D eigenvalue weighted by Gasteiger charge is 2.26. The van der Waals surface area contributed by atoms with Gasteiger partial charge in [-0.05, 0) is 74.6 Å². The highest BCUT2D eigenvalue weighted by atomic mass is 32.2. The number of rotatable bonds is 5. The number of anilines is 1. The molecule has 7 nitrogen and oxygen atoms in total. The Morgan fingerprint density at radius 1 is 1.28 bits per heavy atom. The van der Waals surface area contributed by atoms with Gasteiger partial charge in [-0.15, -0.1) is 0 Å². The van der Waals surface area contributed by atoms with Crippen LogP contribution in [-0.4, -0.2) is 59.5 Å². The van der Waals surface area contributed by atoms with Gasteiger partial charge in [0.2, 0.25) is 5.91 Å². The number of nitrogens with one attached hydrogen (secondary N) is 3. The van der Waals surface area contributed by atoms with Gasteiger partial charge in [-0.25, -0.2) is 9.29 Å². The van der Waals surface area contributed by atoms with Gasteiger partial charge in [0, 0.05) is 56.2 Å². The summed E-state index contributed by atoms with van der Waals surface area (Å²) >= 11 is 1.93. The lowest BCUT2D eigenvalue weighted by Crippen LogP contribution is -2.38. The third-order valence-electron chi connectivity index (χ3n) is 5.38. The number of amides is 1. The van der Waals surface area contributed by atoms with Crippen LogP contribution in [0.4, 0.5) is 5.82 Å². The molecule has 0 saturated heterocycles. The van der Waals surface area contributed by atoms with Crippen LogP contribution in [0.1, 0.15) is 43.7 Å². The predicted molar refractivity (Wildman–Crippen MR) is 132 cm³/mol. The highest BCUT2D eigenvalue weighted by Crippen LogP contribution is 2.36. The molecule has 1 aromatic heterocycles. The Balaban J connectivity index is 0.000000509. The number of carbonyl (C=O) groups excluding carboxylic acids is 2. The van der Waals surface area contributed by atoms with Gasteiger partial charge < -0.3 is 20.7 Å². The standard InChI is InChI=1S/C20H29N5OS.C4H6O/c1-14-12-24-19(21-3)11-18(14)16-6-7-22-15(2)13-25(27-17-4-5-17)9-8-23-20(26)10-16;5-3-4-1-2-4/h6-7,10-12,15,17,22H,4-5,8-9,13H2,1-3H3,(H,21,24)(H,23,26);3-4H,1-2H2/b7-6+,16-10+;. The first kappa shape index (κ1) is 24.3. The molecule has 8 heteroatoms. The maximum absolute atomic E-state index is 12.5. The lowest BCUT2D eigenvalue weighted by molar-refractivity contribution is -0.116. The number of aryl methyl sites for hydroxylation is 1. The fraction of sp³-hybridized carbons (Fsp3) is 0.542. The van der Waals surface area contributed by atoms with Crippen LogP contribution in [0.5, 0.6) is 0 Å². The molecular weight excluding hydrogens is 422 g/mol. The minimum Gasteiger partial charge on any atom is -0.387 e. The zero-order valence-electron chi connectivity index (χ0n) is 19.3. The van der Waals surface area contributed by atoms with Crippen LogP contribution in [0.15, 0.2) is 30.6 Å². The van der Waals surface area contributed by atoms with Crippen molar-refractivity contribution in [2.45, 2.75) is 50.8 Å². The van der Waals surface area contributed by atoms with E-state index in [9.17, 15) is 9.59 Å². The lowest BCUT2D eigenvalue weighted by Gasteiger charge is -2.25. The Morgan fingerprint density at radius 3 is 2.69 bits per heavy atom. The van der Waals surface area contributed by atoms with Gasteiger partial charge in [0.05, 0.1) is 0 Å². The molecule has 3 aliphatic rings. The molecule has 0 bridgehead atoms. The number of allylic oxidation sites excluding steroid dienone is 2. The average Bonchev–Trinajstić information content (AvgIpc) is 3.68. The van der Waals surface area contributed by atoms with Crippen LogP contribution in [0.25, 0.3) is 5.57 Å². The van der Waals surface area contributed by atoms with Gasteiger partial charge in [0.25, 0.3) is 0 Å². The van der Waals surface area contributed by atoms with Crippen molar-refractivity contribution in [3.05, 3.63) is 41.7 Å². The summed E-state index contributed by atoms with van der Waals surface area (Å²) in [5, 5.41) is 10.3. The molecule has 1 aromatic rings. The second-order valence-corrected chi connectivity index (χ2v) is 9.99. The predicted octanol–water partition coefficient (Wildman–Crippen LogP) is 3.14. The smallest absolute Gasteiger partial charge is 0.244 e. The molecule has 1 amide bonds. The van der Waals surface area contributed by atoms with E-state index in [4.69, 9.17) is 0 Å². The van der Waals surface area contributed by atoms with Gasteiger partial charge in [-0.1, -0.05) is 11.9 Å². The van der Waals surface area contributed by atoms with Crippen molar-refractivity contribution in [1.29, 1.82) is 0 Å². The first-order chi connectivity index (χ1) is 15.5. The Labute approximate surface area is 195 Å². The zero-order chi connectivity index (χ0) is 22.9. The number of hydrogen-bond donors (Lipinski definition) is 3.